The highest BCUT2D eigenvalue weighted by molar-refractivity contribution is 6.32. The number of fused-ring (bicyclic) bond motifs is 4. The van der Waals surface area contributed by atoms with Crippen molar-refractivity contribution in [3.63, 3.8) is 0 Å². The Kier molecular flexibility index (Phi) is 9.32. The highest BCUT2D eigenvalue weighted by atomic mass is 35.5. The van der Waals surface area contributed by atoms with Crippen molar-refractivity contribution in [3.05, 3.63) is 87.6 Å². The van der Waals surface area contributed by atoms with Crippen LogP contribution < -0.4 is 20.3 Å². The molecule has 0 bridgehead atoms. The molecule has 3 N–H and O–H groups in total. The van der Waals surface area contributed by atoms with Gasteiger partial charge >= 0.3 is 0 Å². The number of piperidine rings is 2. The Morgan fingerprint density at radius 2 is 1.88 bits per heavy atom. The number of hydrogen-bond donors (Lipinski definition) is 3. The van der Waals surface area contributed by atoms with Crippen LogP contribution in [0.1, 0.15) is 84.0 Å². The second kappa shape index (κ2) is 14.3. The molecular weight excluding hydrogens is 732 g/mol. The summed E-state index contributed by atoms with van der Waals surface area (Å²) in [5.41, 5.74) is 6.96. The van der Waals surface area contributed by atoms with Crippen molar-refractivity contribution >= 4 is 40.8 Å². The van der Waals surface area contributed by atoms with E-state index in [1.165, 1.54) is 11.1 Å². The van der Waals surface area contributed by atoms with E-state index in [4.69, 9.17) is 21.3 Å². The van der Waals surface area contributed by atoms with Crippen molar-refractivity contribution in [2.24, 2.45) is 0 Å². The number of likely N-dealkylation sites (tertiary alicyclic amines) is 1. The molecule has 2 aromatic heterocycles. The highest BCUT2D eigenvalue weighted by Crippen LogP contribution is 2.46. The highest BCUT2D eigenvalue weighted by Gasteiger charge is 2.49. The minimum Gasteiger partial charge on any atom is -0.506 e. The molecule has 14 heteroatoms. The van der Waals surface area contributed by atoms with Gasteiger partial charge in [0.2, 0.25) is 17.7 Å². The number of nitrogens with zero attached hydrogens (tertiary/aromatic N) is 6. The third-order valence-electron chi connectivity index (χ3n) is 12.6. The molecule has 13 nitrogen and oxygen atoms in total. The number of carbonyl (C=O) groups excluding carboxylic acids is 3. The Bertz CT molecular complexity index is 2240. The first kappa shape index (κ1) is 36.4. The average Bonchev–Trinajstić information content (AvgIpc) is 3.74. The normalized spacial score (nSPS) is 23.7. The van der Waals surface area contributed by atoms with E-state index in [1.807, 2.05) is 24.4 Å². The predicted octanol–water partition coefficient (Wildman–Crippen LogP) is 5.58. The van der Waals surface area contributed by atoms with Crippen LogP contribution in [0, 0.1) is 6.92 Å². The summed E-state index contributed by atoms with van der Waals surface area (Å²) in [5, 5.41) is 25.6. The number of phenolic OH excluding ortho intramolecular Hbond substituents is 1. The Balaban J connectivity index is 0.818. The van der Waals surface area contributed by atoms with E-state index in [0.29, 0.717) is 53.9 Å². The number of hydrogen-bond acceptors (Lipinski definition) is 11. The van der Waals surface area contributed by atoms with Gasteiger partial charge in [0.05, 0.1) is 28.5 Å². The number of rotatable bonds is 8. The number of aryl methyl sites for hydroxylation is 1. The summed E-state index contributed by atoms with van der Waals surface area (Å²) in [6.07, 6.45) is 6.19. The Hall–Kier alpha value is -5.27. The maximum atomic E-state index is 13.4. The topological polar surface area (TPSA) is 153 Å². The number of para-hydroxylation sites is 1. The number of imide groups is 1. The largest absolute Gasteiger partial charge is 0.506 e. The van der Waals surface area contributed by atoms with Crippen molar-refractivity contribution in [1.82, 2.24) is 30.3 Å². The Labute approximate surface area is 330 Å². The van der Waals surface area contributed by atoms with Crippen LogP contribution in [0.3, 0.4) is 0 Å². The number of aromatic nitrogens is 3. The predicted molar refractivity (Wildman–Crippen MR) is 211 cm³/mol. The van der Waals surface area contributed by atoms with Crippen LogP contribution in [0.25, 0.3) is 11.3 Å². The minimum atomic E-state index is -0.602. The first-order valence-corrected chi connectivity index (χ1v) is 20.0. The van der Waals surface area contributed by atoms with Crippen LogP contribution in [0.5, 0.6) is 11.6 Å². The maximum Gasteiger partial charge on any atom is 0.255 e. The number of carbonyl (C=O) groups is 3. The van der Waals surface area contributed by atoms with E-state index in [-0.39, 0.29) is 46.6 Å². The standard InChI is InChI=1S/C42H45ClN8O5/c1-3-42-18-29(22-51(42)35-17-33(47-48-39(35)45-23-42)30-5-4-6-32(43)38(30)53)56-37-15-24(2)28(19-44-37)20-49-13-11-25(12-14-49)26-7-8-27-21-50(41(55)31(27)16-26)34-9-10-36(52)46-40(34)54/h4-8,15-17,19,25,29,34,53H,3,9-14,18,20-23H2,1-2H3,(H,45,48)(H,46,52,54)/t29-,34+,42-/m1/s1. The molecule has 0 saturated carbocycles. The smallest absolute Gasteiger partial charge is 0.255 e. The Morgan fingerprint density at radius 1 is 1.04 bits per heavy atom. The number of aromatic hydroxyl groups is 1. The molecule has 3 amide bonds. The molecule has 0 aliphatic carbocycles. The van der Waals surface area contributed by atoms with Gasteiger partial charge in [-0.1, -0.05) is 36.7 Å². The van der Waals surface area contributed by atoms with Gasteiger partial charge in [-0.25, -0.2) is 4.98 Å². The van der Waals surface area contributed by atoms with Crippen LogP contribution >= 0.6 is 11.6 Å². The quantitative estimate of drug-likeness (QED) is 0.192. The van der Waals surface area contributed by atoms with Gasteiger partial charge in [0, 0.05) is 55.9 Å². The van der Waals surface area contributed by atoms with E-state index >= 15 is 0 Å². The van der Waals surface area contributed by atoms with Gasteiger partial charge in [0.1, 0.15) is 17.9 Å². The lowest BCUT2D eigenvalue weighted by Crippen LogP contribution is -2.52. The SMILES string of the molecule is CC[C@@]12CNc3nnc(-c4cccc(Cl)c4O)cc3N1C[C@H](Oc1cc(C)c(CN3CCC(c4ccc5c(c4)C(=O)N([C@H]4CCC(=O)NC4=O)C5)CC3)cn1)C2. The summed E-state index contributed by atoms with van der Waals surface area (Å²) in [7, 11) is 0. The van der Waals surface area contributed by atoms with Gasteiger partial charge in [-0.2, -0.15) is 0 Å². The molecule has 3 saturated heterocycles. The summed E-state index contributed by atoms with van der Waals surface area (Å²) in [6.45, 7) is 8.79. The third kappa shape index (κ3) is 6.50. The van der Waals surface area contributed by atoms with Gasteiger partial charge in [0.25, 0.3) is 5.91 Å². The molecular formula is C42H45ClN8O5. The lowest BCUT2D eigenvalue weighted by atomic mass is 9.87. The van der Waals surface area contributed by atoms with E-state index in [2.05, 4.69) is 56.6 Å². The van der Waals surface area contributed by atoms with E-state index in [0.717, 1.165) is 68.7 Å². The van der Waals surface area contributed by atoms with Gasteiger partial charge in [-0.15, -0.1) is 10.2 Å². The summed E-state index contributed by atoms with van der Waals surface area (Å²) < 4.78 is 6.59. The molecule has 5 aliphatic rings. The van der Waals surface area contributed by atoms with Crippen molar-refractivity contribution in [2.75, 3.05) is 36.4 Å². The van der Waals surface area contributed by atoms with E-state index in [9.17, 15) is 19.5 Å². The van der Waals surface area contributed by atoms with Crippen molar-refractivity contribution in [2.45, 2.75) is 89.1 Å². The minimum absolute atomic E-state index is 0.0116. The van der Waals surface area contributed by atoms with Gasteiger partial charge < -0.3 is 25.0 Å². The zero-order valence-electron chi connectivity index (χ0n) is 31.6. The lowest BCUT2D eigenvalue weighted by Gasteiger charge is -2.43. The molecule has 7 heterocycles. The van der Waals surface area contributed by atoms with Crippen LogP contribution in [0.2, 0.25) is 5.02 Å². The van der Waals surface area contributed by atoms with E-state index < -0.39 is 6.04 Å². The fourth-order valence-corrected chi connectivity index (χ4v) is 9.50. The molecule has 0 unspecified atom stereocenters. The summed E-state index contributed by atoms with van der Waals surface area (Å²) in [5.74, 6) is 0.884. The monoisotopic (exact) mass is 776 g/mol. The third-order valence-corrected chi connectivity index (χ3v) is 12.9. The number of nitrogens with one attached hydrogen (secondary N) is 2. The summed E-state index contributed by atoms with van der Waals surface area (Å²) >= 11 is 6.21. The van der Waals surface area contributed by atoms with E-state index in [1.54, 1.807) is 23.1 Å². The second-order valence-electron chi connectivity index (χ2n) is 15.9. The molecule has 2 aromatic carbocycles. The summed E-state index contributed by atoms with van der Waals surface area (Å²) in [4.78, 5) is 48.7. The van der Waals surface area contributed by atoms with Gasteiger partial charge in [-0.3, -0.25) is 24.6 Å². The number of anilines is 2. The fourth-order valence-electron chi connectivity index (χ4n) is 9.32. The molecule has 9 rings (SSSR count). The van der Waals surface area contributed by atoms with Crippen molar-refractivity contribution < 1.29 is 24.2 Å². The van der Waals surface area contributed by atoms with Gasteiger partial charge in [-0.05, 0) is 98.1 Å². The first-order chi connectivity index (χ1) is 27.1. The lowest BCUT2D eigenvalue weighted by molar-refractivity contribution is -0.136. The molecule has 0 radical (unpaired) electrons. The van der Waals surface area contributed by atoms with Crippen LogP contribution in [-0.2, 0) is 22.7 Å². The molecule has 0 spiro atoms. The molecule has 5 aliphatic heterocycles. The number of amides is 3. The molecule has 4 aromatic rings. The molecule has 3 atom stereocenters. The van der Waals surface area contributed by atoms with Crippen LogP contribution in [0.15, 0.2) is 54.7 Å². The number of phenols is 1. The van der Waals surface area contributed by atoms with Crippen molar-refractivity contribution in [3.8, 4) is 22.9 Å². The molecule has 3 fully saturated rings. The van der Waals surface area contributed by atoms with Crippen molar-refractivity contribution in [1.29, 1.82) is 0 Å². The zero-order chi connectivity index (χ0) is 38.7. The second-order valence-corrected chi connectivity index (χ2v) is 16.3. The number of ether oxygens (including phenoxy) is 1. The number of halogens is 1. The maximum absolute atomic E-state index is 13.4. The Morgan fingerprint density at radius 3 is 2.66 bits per heavy atom. The number of pyridine rings is 1. The fraction of sp³-hybridized carbons (Fsp3) is 0.429. The van der Waals surface area contributed by atoms with Gasteiger partial charge in [0.15, 0.2) is 5.82 Å². The molecule has 56 heavy (non-hydrogen) atoms. The first-order valence-electron chi connectivity index (χ1n) is 19.6. The van der Waals surface area contributed by atoms with Crippen LogP contribution in [0.4, 0.5) is 11.5 Å². The summed E-state index contributed by atoms with van der Waals surface area (Å²) in [6, 6.07) is 14.9. The van der Waals surface area contributed by atoms with Crippen LogP contribution in [-0.4, -0.2) is 91.7 Å². The molecule has 290 valence electrons. The average molecular weight is 777 g/mol. The number of benzene rings is 2. The zero-order valence-corrected chi connectivity index (χ0v) is 32.3.